The second-order valence-electron chi connectivity index (χ2n) is 4.72. The van der Waals surface area contributed by atoms with Crippen LogP contribution >= 0.6 is 15.9 Å². The largest absolute Gasteiger partial charge is 0.321 e. The highest BCUT2D eigenvalue weighted by molar-refractivity contribution is 9.10. The minimum absolute atomic E-state index is 0.0771. The van der Waals surface area contributed by atoms with Crippen molar-refractivity contribution < 1.29 is 4.79 Å². The van der Waals surface area contributed by atoms with E-state index in [9.17, 15) is 4.79 Å². The molecule has 0 aliphatic heterocycles. The van der Waals surface area contributed by atoms with Crippen molar-refractivity contribution in [1.29, 1.82) is 0 Å². The van der Waals surface area contributed by atoms with Crippen LogP contribution in [0.2, 0.25) is 0 Å². The van der Waals surface area contributed by atoms with Crippen LogP contribution in [0.3, 0.4) is 0 Å². The Morgan fingerprint density at radius 3 is 2.75 bits per heavy atom. The molecule has 2 rings (SSSR count). The third kappa shape index (κ3) is 3.35. The van der Waals surface area contributed by atoms with Gasteiger partial charge in [0.25, 0.3) is 0 Å². The lowest BCUT2D eigenvalue weighted by Crippen LogP contribution is -2.34. The van der Waals surface area contributed by atoms with Gasteiger partial charge in [0.05, 0.1) is 16.7 Å². The Kier molecular flexibility index (Phi) is 5.09. The molecule has 1 heterocycles. The normalized spacial score (nSPS) is 12.3. The molecule has 2 N–H and O–H groups in total. The summed E-state index contributed by atoms with van der Waals surface area (Å²) in [6, 6.07) is 9.25. The minimum atomic E-state index is -0.555. The van der Waals surface area contributed by atoms with E-state index >= 15 is 0 Å². The number of carbonyl (C=O) groups excluding carboxylic acids is 1. The molecule has 0 aliphatic rings. The molecule has 1 aromatic carbocycles. The second kappa shape index (κ2) is 6.81. The molecular weight excluding hydrogens is 318 g/mol. The molecule has 0 saturated heterocycles. The molecule has 1 unspecified atom stereocenters. The summed E-state index contributed by atoms with van der Waals surface area (Å²) in [7, 11) is 0. The van der Waals surface area contributed by atoms with Crippen LogP contribution in [0.1, 0.15) is 29.4 Å². The first-order valence-corrected chi connectivity index (χ1v) is 7.47. The zero-order valence-electron chi connectivity index (χ0n) is 11.4. The number of nitrogens with zero attached hydrogens (tertiary/aromatic N) is 2. The number of nitrogens with two attached hydrogens (primary N) is 1. The van der Waals surface area contributed by atoms with E-state index in [4.69, 9.17) is 5.73 Å². The van der Waals surface area contributed by atoms with E-state index in [-0.39, 0.29) is 5.78 Å². The summed E-state index contributed by atoms with van der Waals surface area (Å²) in [5.41, 5.74) is 7.69. The molecule has 0 fully saturated rings. The van der Waals surface area contributed by atoms with Crippen LogP contribution in [0.25, 0.3) is 0 Å². The number of ketones is 1. The number of aromatic nitrogens is 2. The average molecular weight is 336 g/mol. The highest BCUT2D eigenvalue weighted by atomic mass is 79.9. The van der Waals surface area contributed by atoms with Gasteiger partial charge in [0.15, 0.2) is 5.78 Å². The first kappa shape index (κ1) is 14.9. The van der Waals surface area contributed by atoms with Crippen molar-refractivity contribution in [2.24, 2.45) is 5.73 Å². The molecule has 5 heteroatoms. The van der Waals surface area contributed by atoms with Crippen LogP contribution in [0.5, 0.6) is 0 Å². The number of carbonyl (C=O) groups is 1. The summed E-state index contributed by atoms with van der Waals surface area (Å²) in [6.45, 7) is 2.76. The number of benzene rings is 1. The Bertz CT molecular complexity index is 580. The Hall–Kier alpha value is -1.46. The van der Waals surface area contributed by atoms with Gasteiger partial charge in [-0.15, -0.1) is 0 Å². The summed E-state index contributed by atoms with van der Waals surface area (Å²) in [5.74, 6) is -0.0771. The Morgan fingerprint density at radius 1 is 1.40 bits per heavy atom. The van der Waals surface area contributed by atoms with E-state index in [1.165, 1.54) is 0 Å². The first-order chi connectivity index (χ1) is 9.63. The molecule has 2 aromatic rings. The highest BCUT2D eigenvalue weighted by Gasteiger charge is 2.23. The van der Waals surface area contributed by atoms with E-state index < -0.39 is 6.04 Å². The lowest BCUT2D eigenvalue weighted by Gasteiger charge is -2.12. The van der Waals surface area contributed by atoms with Gasteiger partial charge < -0.3 is 5.73 Å². The van der Waals surface area contributed by atoms with Gasteiger partial charge in [0, 0.05) is 6.54 Å². The van der Waals surface area contributed by atoms with E-state index in [0.29, 0.717) is 23.1 Å². The smallest absolute Gasteiger partial charge is 0.198 e. The van der Waals surface area contributed by atoms with Crippen molar-refractivity contribution in [3.63, 3.8) is 0 Å². The Balaban J connectivity index is 2.16. The van der Waals surface area contributed by atoms with Crippen LogP contribution in [-0.2, 0) is 13.0 Å². The van der Waals surface area contributed by atoms with Gasteiger partial charge in [0.1, 0.15) is 5.69 Å². The van der Waals surface area contributed by atoms with Gasteiger partial charge in [-0.25, -0.2) is 0 Å². The van der Waals surface area contributed by atoms with E-state index in [2.05, 4.69) is 21.0 Å². The number of rotatable bonds is 6. The predicted octanol–water partition coefficient (Wildman–Crippen LogP) is 2.81. The molecule has 1 atom stereocenters. The summed E-state index contributed by atoms with van der Waals surface area (Å²) in [5, 5.41) is 4.21. The maximum atomic E-state index is 12.5. The maximum Gasteiger partial charge on any atom is 0.198 e. The number of halogens is 1. The van der Waals surface area contributed by atoms with Crippen molar-refractivity contribution in [3.8, 4) is 0 Å². The highest BCUT2D eigenvalue weighted by Crippen LogP contribution is 2.19. The van der Waals surface area contributed by atoms with Crippen molar-refractivity contribution in [1.82, 2.24) is 9.78 Å². The Labute approximate surface area is 127 Å². The van der Waals surface area contributed by atoms with Gasteiger partial charge in [-0.05, 0) is 34.3 Å². The van der Waals surface area contributed by atoms with Crippen LogP contribution in [0.4, 0.5) is 0 Å². The van der Waals surface area contributed by atoms with Crippen LogP contribution in [0, 0.1) is 0 Å². The summed E-state index contributed by atoms with van der Waals surface area (Å²) < 4.78 is 2.43. The predicted molar refractivity (Wildman–Crippen MR) is 82.7 cm³/mol. The van der Waals surface area contributed by atoms with Crippen molar-refractivity contribution in [3.05, 3.63) is 52.3 Å². The minimum Gasteiger partial charge on any atom is -0.321 e. The molecule has 20 heavy (non-hydrogen) atoms. The van der Waals surface area contributed by atoms with E-state index in [1.807, 2.05) is 37.3 Å². The van der Waals surface area contributed by atoms with Gasteiger partial charge in [-0.1, -0.05) is 37.3 Å². The average Bonchev–Trinajstić information content (AvgIpc) is 2.80. The fourth-order valence-electron chi connectivity index (χ4n) is 2.13. The number of Topliss-reactive ketones (excluding diaryl/α,β-unsaturated/α-hetero) is 1. The maximum absolute atomic E-state index is 12.5. The molecular formula is C15H18BrN3O. The number of aryl methyl sites for hydroxylation is 1. The molecule has 106 valence electrons. The Morgan fingerprint density at radius 2 is 2.10 bits per heavy atom. The van der Waals surface area contributed by atoms with Gasteiger partial charge in [-0.2, -0.15) is 5.10 Å². The third-order valence-electron chi connectivity index (χ3n) is 3.10. The van der Waals surface area contributed by atoms with E-state index in [1.54, 1.807) is 10.9 Å². The molecule has 0 spiro atoms. The standard InChI is InChI=1S/C15H18BrN3O/c1-2-8-19-14(12(16)10-18-19)15(20)13(17)9-11-6-4-3-5-7-11/h3-7,10,13H,2,8-9,17H2,1H3. The topological polar surface area (TPSA) is 60.9 Å². The zero-order valence-corrected chi connectivity index (χ0v) is 13.0. The lowest BCUT2D eigenvalue weighted by atomic mass is 10.0. The summed E-state index contributed by atoms with van der Waals surface area (Å²) in [4.78, 5) is 12.5. The fourth-order valence-corrected chi connectivity index (χ4v) is 2.62. The number of hydrogen-bond acceptors (Lipinski definition) is 3. The molecule has 0 radical (unpaired) electrons. The summed E-state index contributed by atoms with van der Waals surface area (Å²) >= 11 is 3.38. The van der Waals surface area contributed by atoms with E-state index in [0.717, 1.165) is 12.0 Å². The molecule has 0 aliphatic carbocycles. The van der Waals surface area contributed by atoms with Crippen LogP contribution in [-0.4, -0.2) is 21.6 Å². The zero-order chi connectivity index (χ0) is 14.5. The molecule has 0 saturated carbocycles. The molecule has 1 aromatic heterocycles. The second-order valence-corrected chi connectivity index (χ2v) is 5.58. The monoisotopic (exact) mass is 335 g/mol. The molecule has 0 amide bonds. The molecule has 0 bridgehead atoms. The van der Waals surface area contributed by atoms with Crippen LogP contribution < -0.4 is 5.73 Å². The first-order valence-electron chi connectivity index (χ1n) is 6.68. The van der Waals surface area contributed by atoms with Crippen molar-refractivity contribution >= 4 is 21.7 Å². The summed E-state index contributed by atoms with van der Waals surface area (Å²) in [6.07, 6.45) is 3.10. The molecule has 4 nitrogen and oxygen atoms in total. The fraction of sp³-hybridized carbons (Fsp3) is 0.333. The SMILES string of the molecule is CCCn1ncc(Br)c1C(=O)C(N)Cc1ccccc1. The number of hydrogen-bond donors (Lipinski definition) is 1. The third-order valence-corrected chi connectivity index (χ3v) is 3.68. The van der Waals surface area contributed by atoms with Crippen molar-refractivity contribution in [2.45, 2.75) is 32.4 Å². The van der Waals surface area contributed by atoms with Gasteiger partial charge >= 0.3 is 0 Å². The quantitative estimate of drug-likeness (QED) is 0.825. The lowest BCUT2D eigenvalue weighted by molar-refractivity contribution is 0.0949. The van der Waals surface area contributed by atoms with Gasteiger partial charge in [0.2, 0.25) is 0 Å². The van der Waals surface area contributed by atoms with Crippen LogP contribution in [0.15, 0.2) is 41.0 Å². The van der Waals surface area contributed by atoms with Crippen molar-refractivity contribution in [2.75, 3.05) is 0 Å². The van der Waals surface area contributed by atoms with Gasteiger partial charge in [-0.3, -0.25) is 9.48 Å².